The number of hydrogen-bond acceptors (Lipinski definition) is 6. The Hall–Kier alpha value is -3.00. The number of piperazine rings is 1. The van der Waals surface area contributed by atoms with Gasteiger partial charge < -0.3 is 15.1 Å². The maximum absolute atomic E-state index is 12.7. The number of amides is 1. The van der Waals surface area contributed by atoms with Crippen LogP contribution in [0.25, 0.3) is 0 Å². The normalized spacial score (nSPS) is 14.0. The molecule has 0 saturated carbocycles. The number of carbonyl (C=O) groups is 1. The van der Waals surface area contributed by atoms with E-state index in [0.29, 0.717) is 37.7 Å². The summed E-state index contributed by atoms with van der Waals surface area (Å²) in [6.07, 6.45) is 3.28. The van der Waals surface area contributed by atoms with Crippen LogP contribution >= 0.6 is 15.9 Å². The van der Waals surface area contributed by atoms with Crippen LogP contribution in [0.1, 0.15) is 21.6 Å². The van der Waals surface area contributed by atoms with E-state index >= 15 is 0 Å². The Labute approximate surface area is 184 Å². The van der Waals surface area contributed by atoms with Crippen molar-refractivity contribution in [2.75, 3.05) is 36.4 Å². The second-order valence-electron chi connectivity index (χ2n) is 7.35. The molecule has 0 spiro atoms. The zero-order chi connectivity index (χ0) is 21.1. The highest BCUT2D eigenvalue weighted by atomic mass is 79.9. The molecular formula is C22H23BrN6O. The quantitative estimate of drug-likeness (QED) is 0.627. The number of rotatable bonds is 4. The predicted octanol–water partition coefficient (Wildman–Crippen LogP) is 3.96. The van der Waals surface area contributed by atoms with E-state index in [1.165, 1.54) is 5.56 Å². The molecule has 0 unspecified atom stereocenters. The third-order valence-corrected chi connectivity index (χ3v) is 5.42. The van der Waals surface area contributed by atoms with Crippen molar-refractivity contribution in [1.82, 2.24) is 19.9 Å². The molecule has 1 aliphatic heterocycles. The van der Waals surface area contributed by atoms with Gasteiger partial charge in [-0.25, -0.2) is 4.98 Å². The van der Waals surface area contributed by atoms with Crippen LogP contribution in [0.5, 0.6) is 0 Å². The van der Waals surface area contributed by atoms with Crippen molar-refractivity contribution in [3.05, 3.63) is 70.1 Å². The molecule has 0 aliphatic carbocycles. The summed E-state index contributed by atoms with van der Waals surface area (Å²) in [5, 5.41) is 3.28. The monoisotopic (exact) mass is 466 g/mol. The van der Waals surface area contributed by atoms with Gasteiger partial charge in [0.25, 0.3) is 5.91 Å². The smallest absolute Gasteiger partial charge is 0.255 e. The highest BCUT2D eigenvalue weighted by Gasteiger charge is 2.23. The van der Waals surface area contributed by atoms with E-state index < -0.39 is 0 Å². The molecule has 2 aromatic heterocycles. The first kappa shape index (κ1) is 20.3. The van der Waals surface area contributed by atoms with Gasteiger partial charge in [0.2, 0.25) is 5.95 Å². The van der Waals surface area contributed by atoms with Gasteiger partial charge in [0.15, 0.2) is 0 Å². The van der Waals surface area contributed by atoms with Crippen LogP contribution in [0.4, 0.5) is 17.5 Å². The molecular weight excluding hydrogens is 444 g/mol. The average Bonchev–Trinajstić information content (AvgIpc) is 2.74. The van der Waals surface area contributed by atoms with Gasteiger partial charge in [-0.3, -0.25) is 9.78 Å². The van der Waals surface area contributed by atoms with E-state index in [4.69, 9.17) is 4.98 Å². The second kappa shape index (κ2) is 8.79. The number of aryl methyl sites for hydroxylation is 2. The molecule has 1 aliphatic rings. The molecule has 0 bridgehead atoms. The molecule has 1 aromatic carbocycles. The summed E-state index contributed by atoms with van der Waals surface area (Å²) in [5.41, 5.74) is 3.65. The van der Waals surface area contributed by atoms with Crippen LogP contribution in [0.2, 0.25) is 0 Å². The molecule has 0 atom stereocenters. The fraction of sp³-hybridized carbons (Fsp3) is 0.273. The Bertz CT molecular complexity index is 1050. The number of hydrogen-bond donors (Lipinski definition) is 1. The predicted molar refractivity (Wildman–Crippen MR) is 121 cm³/mol. The SMILES string of the molecule is Cc1ccc(Nc2nc(C)cc(N3CCN(C(=O)c4cncc(Br)c4)CC3)n2)cc1. The Morgan fingerprint density at radius 2 is 1.73 bits per heavy atom. The number of carbonyl (C=O) groups excluding carboxylic acids is 1. The van der Waals surface area contributed by atoms with Crippen LogP contribution in [-0.4, -0.2) is 51.9 Å². The number of pyridine rings is 1. The van der Waals surface area contributed by atoms with E-state index in [9.17, 15) is 4.79 Å². The molecule has 1 N–H and O–H groups in total. The first-order chi connectivity index (χ1) is 14.5. The molecule has 154 valence electrons. The van der Waals surface area contributed by atoms with Gasteiger partial charge in [0, 0.05) is 60.5 Å². The van der Waals surface area contributed by atoms with E-state index in [0.717, 1.165) is 21.7 Å². The molecule has 8 heteroatoms. The van der Waals surface area contributed by atoms with Gasteiger partial charge in [-0.1, -0.05) is 17.7 Å². The van der Waals surface area contributed by atoms with E-state index in [1.54, 1.807) is 18.5 Å². The largest absolute Gasteiger partial charge is 0.353 e. The molecule has 30 heavy (non-hydrogen) atoms. The number of nitrogens with zero attached hydrogens (tertiary/aromatic N) is 5. The van der Waals surface area contributed by atoms with Crippen LogP contribution < -0.4 is 10.2 Å². The minimum Gasteiger partial charge on any atom is -0.353 e. The molecule has 4 rings (SSSR count). The number of benzene rings is 1. The fourth-order valence-corrected chi connectivity index (χ4v) is 3.75. The molecule has 3 heterocycles. The van der Waals surface area contributed by atoms with Crippen molar-refractivity contribution in [3.8, 4) is 0 Å². The average molecular weight is 467 g/mol. The van der Waals surface area contributed by atoms with Crippen molar-refractivity contribution in [3.63, 3.8) is 0 Å². The Morgan fingerprint density at radius 1 is 1.00 bits per heavy atom. The molecule has 7 nitrogen and oxygen atoms in total. The summed E-state index contributed by atoms with van der Waals surface area (Å²) in [6, 6.07) is 11.9. The van der Waals surface area contributed by atoms with E-state index in [-0.39, 0.29) is 5.91 Å². The summed E-state index contributed by atoms with van der Waals surface area (Å²) in [7, 11) is 0. The molecule has 3 aromatic rings. The standard InChI is InChI=1S/C22H23BrN6O/c1-15-3-5-19(6-4-15)26-22-25-16(2)11-20(27-22)28-7-9-29(10-8-28)21(30)17-12-18(23)14-24-13-17/h3-6,11-14H,7-10H2,1-2H3,(H,25,26,27). The first-order valence-electron chi connectivity index (χ1n) is 9.82. The summed E-state index contributed by atoms with van der Waals surface area (Å²) in [6.45, 7) is 6.72. The number of aromatic nitrogens is 3. The van der Waals surface area contributed by atoms with Gasteiger partial charge >= 0.3 is 0 Å². The summed E-state index contributed by atoms with van der Waals surface area (Å²) < 4.78 is 0.803. The maximum atomic E-state index is 12.7. The van der Waals surface area contributed by atoms with Gasteiger partial charge in [0.05, 0.1) is 5.56 Å². The zero-order valence-corrected chi connectivity index (χ0v) is 18.6. The second-order valence-corrected chi connectivity index (χ2v) is 8.27. The number of halogens is 1. The number of nitrogens with one attached hydrogen (secondary N) is 1. The van der Waals surface area contributed by atoms with Crippen molar-refractivity contribution in [2.45, 2.75) is 13.8 Å². The minimum absolute atomic E-state index is 0.00375. The van der Waals surface area contributed by atoms with Crippen molar-refractivity contribution >= 4 is 39.3 Å². The van der Waals surface area contributed by atoms with Crippen molar-refractivity contribution in [1.29, 1.82) is 0 Å². The lowest BCUT2D eigenvalue weighted by atomic mass is 10.2. The third kappa shape index (κ3) is 4.76. The third-order valence-electron chi connectivity index (χ3n) is 4.99. The summed E-state index contributed by atoms with van der Waals surface area (Å²) >= 11 is 3.37. The molecule has 1 amide bonds. The van der Waals surface area contributed by atoms with E-state index in [2.05, 4.69) is 55.2 Å². The highest BCUT2D eigenvalue weighted by molar-refractivity contribution is 9.10. The van der Waals surface area contributed by atoms with Gasteiger partial charge in [-0.2, -0.15) is 4.98 Å². The first-order valence-corrected chi connectivity index (χ1v) is 10.6. The summed E-state index contributed by atoms with van der Waals surface area (Å²) in [4.78, 5) is 30.1. The van der Waals surface area contributed by atoms with Gasteiger partial charge in [0.1, 0.15) is 5.82 Å². The Kier molecular flexibility index (Phi) is 5.94. The highest BCUT2D eigenvalue weighted by Crippen LogP contribution is 2.21. The molecule has 1 fully saturated rings. The van der Waals surface area contributed by atoms with Crippen LogP contribution in [-0.2, 0) is 0 Å². The summed E-state index contributed by atoms with van der Waals surface area (Å²) in [5.74, 6) is 1.45. The molecule has 0 radical (unpaired) electrons. The van der Waals surface area contributed by atoms with Gasteiger partial charge in [-0.05, 0) is 48.0 Å². The lowest BCUT2D eigenvalue weighted by Crippen LogP contribution is -2.49. The Morgan fingerprint density at radius 3 is 2.43 bits per heavy atom. The van der Waals surface area contributed by atoms with Crippen molar-refractivity contribution < 1.29 is 4.79 Å². The topological polar surface area (TPSA) is 74.2 Å². The zero-order valence-electron chi connectivity index (χ0n) is 17.0. The van der Waals surface area contributed by atoms with Crippen molar-refractivity contribution in [2.24, 2.45) is 0 Å². The lowest BCUT2D eigenvalue weighted by molar-refractivity contribution is 0.0746. The fourth-order valence-electron chi connectivity index (χ4n) is 3.39. The lowest BCUT2D eigenvalue weighted by Gasteiger charge is -2.35. The Balaban J connectivity index is 1.43. The molecule has 1 saturated heterocycles. The number of anilines is 3. The van der Waals surface area contributed by atoms with E-state index in [1.807, 2.05) is 30.0 Å². The minimum atomic E-state index is 0.00375. The maximum Gasteiger partial charge on any atom is 0.255 e. The van der Waals surface area contributed by atoms with Gasteiger partial charge in [-0.15, -0.1) is 0 Å². The van der Waals surface area contributed by atoms with Crippen LogP contribution in [0.3, 0.4) is 0 Å². The van der Waals surface area contributed by atoms with Crippen LogP contribution in [0, 0.1) is 13.8 Å². The van der Waals surface area contributed by atoms with Crippen LogP contribution in [0.15, 0.2) is 53.3 Å².